The fourth-order valence-corrected chi connectivity index (χ4v) is 2.45. The molecule has 0 amide bonds. The molecule has 4 heteroatoms. The lowest BCUT2D eigenvalue weighted by Gasteiger charge is -2.32. The van der Waals surface area contributed by atoms with Crippen molar-refractivity contribution < 1.29 is 14.3 Å². The van der Waals surface area contributed by atoms with E-state index in [1.165, 1.54) is 0 Å². The van der Waals surface area contributed by atoms with E-state index in [0.29, 0.717) is 6.42 Å². The summed E-state index contributed by atoms with van der Waals surface area (Å²) >= 11 is 0. The lowest BCUT2D eigenvalue weighted by Crippen LogP contribution is -2.42. The van der Waals surface area contributed by atoms with Gasteiger partial charge in [-0.05, 0) is 26.0 Å². The number of benzene rings is 1. The Bertz CT molecular complexity index is 482. The Morgan fingerprint density at radius 3 is 2.71 bits per heavy atom. The molecule has 1 aromatic rings. The molecule has 4 nitrogen and oxygen atoms in total. The summed E-state index contributed by atoms with van der Waals surface area (Å²) in [4.78, 5) is 13.9. The lowest BCUT2D eigenvalue weighted by atomic mass is 10.00. The van der Waals surface area contributed by atoms with Crippen LogP contribution in [-0.4, -0.2) is 24.7 Å². The molecule has 2 heterocycles. The number of anilines is 1. The van der Waals surface area contributed by atoms with Gasteiger partial charge in [0, 0.05) is 24.7 Å². The molecule has 0 spiro atoms. The van der Waals surface area contributed by atoms with Crippen molar-refractivity contribution in [1.82, 2.24) is 0 Å². The molecule has 0 N–H and O–H groups in total. The van der Waals surface area contributed by atoms with Crippen LogP contribution in [0.3, 0.4) is 0 Å². The molecular formula is C13H15NO3. The normalized spacial score (nSPS) is 21.1. The molecule has 0 radical (unpaired) electrons. The van der Waals surface area contributed by atoms with E-state index in [9.17, 15) is 4.79 Å². The van der Waals surface area contributed by atoms with Gasteiger partial charge in [0.25, 0.3) is 0 Å². The van der Waals surface area contributed by atoms with Crippen LogP contribution >= 0.6 is 0 Å². The highest BCUT2D eigenvalue weighted by molar-refractivity contribution is 5.94. The third-order valence-electron chi connectivity index (χ3n) is 3.59. The monoisotopic (exact) mass is 233 g/mol. The summed E-state index contributed by atoms with van der Waals surface area (Å²) in [6.45, 7) is 4.98. The van der Waals surface area contributed by atoms with Gasteiger partial charge in [-0.3, -0.25) is 4.79 Å². The summed E-state index contributed by atoms with van der Waals surface area (Å²) in [5, 5.41) is 0. The molecule has 0 saturated carbocycles. The van der Waals surface area contributed by atoms with Crippen LogP contribution in [0.1, 0.15) is 20.3 Å². The summed E-state index contributed by atoms with van der Waals surface area (Å²) in [5.74, 6) is 1.82. The summed E-state index contributed by atoms with van der Waals surface area (Å²) in [7, 11) is 0. The van der Waals surface area contributed by atoms with Gasteiger partial charge in [-0.1, -0.05) is 0 Å². The molecule has 0 unspecified atom stereocenters. The molecule has 0 aliphatic carbocycles. The number of carbonyl (C=O) groups is 1. The topological polar surface area (TPSA) is 38.8 Å². The average Bonchev–Trinajstić information content (AvgIpc) is 2.84. The van der Waals surface area contributed by atoms with Crippen LogP contribution in [0, 0.1) is 0 Å². The SMILES string of the molecule is CC1(C)C(=O)CCN1c1ccc2c(c1)OCO2. The lowest BCUT2D eigenvalue weighted by molar-refractivity contribution is -0.120. The van der Waals surface area contributed by atoms with Gasteiger partial charge in [0.2, 0.25) is 6.79 Å². The standard InChI is InChI=1S/C13H15NO3/c1-13(2)12(15)5-6-14(13)9-3-4-10-11(7-9)17-8-16-10/h3-4,7H,5-6,8H2,1-2H3. The zero-order valence-corrected chi connectivity index (χ0v) is 10.0. The van der Waals surface area contributed by atoms with E-state index in [1.54, 1.807) is 0 Å². The maximum absolute atomic E-state index is 11.8. The van der Waals surface area contributed by atoms with Crippen LogP contribution in [0.15, 0.2) is 18.2 Å². The summed E-state index contributed by atoms with van der Waals surface area (Å²) < 4.78 is 10.6. The zero-order valence-electron chi connectivity index (χ0n) is 10.0. The Labute approximate surface area is 100 Å². The van der Waals surface area contributed by atoms with Crippen molar-refractivity contribution in [2.75, 3.05) is 18.2 Å². The van der Waals surface area contributed by atoms with Gasteiger partial charge >= 0.3 is 0 Å². The Morgan fingerprint density at radius 2 is 2.00 bits per heavy atom. The number of ether oxygens (including phenoxy) is 2. The third-order valence-corrected chi connectivity index (χ3v) is 3.59. The zero-order chi connectivity index (χ0) is 12.0. The van der Waals surface area contributed by atoms with Crippen molar-refractivity contribution in [3.8, 4) is 11.5 Å². The van der Waals surface area contributed by atoms with Crippen LogP contribution in [-0.2, 0) is 4.79 Å². The van der Waals surface area contributed by atoms with Crippen LogP contribution in [0.25, 0.3) is 0 Å². The minimum atomic E-state index is -0.423. The van der Waals surface area contributed by atoms with Crippen LogP contribution in [0.4, 0.5) is 5.69 Å². The predicted molar refractivity (Wildman–Crippen MR) is 63.6 cm³/mol. The molecule has 3 rings (SSSR count). The molecule has 1 aromatic carbocycles. The number of carbonyl (C=O) groups excluding carboxylic acids is 1. The molecule has 0 aromatic heterocycles. The van der Waals surface area contributed by atoms with Gasteiger partial charge in [0.05, 0.1) is 5.54 Å². The predicted octanol–water partition coefficient (Wildman–Crippen LogP) is 1.97. The van der Waals surface area contributed by atoms with Gasteiger partial charge in [-0.15, -0.1) is 0 Å². The largest absolute Gasteiger partial charge is 0.454 e. The molecular weight excluding hydrogens is 218 g/mol. The molecule has 2 aliphatic rings. The Kier molecular flexibility index (Phi) is 2.08. The molecule has 2 aliphatic heterocycles. The highest BCUT2D eigenvalue weighted by Gasteiger charge is 2.40. The third kappa shape index (κ3) is 1.47. The highest BCUT2D eigenvalue weighted by atomic mass is 16.7. The molecule has 1 saturated heterocycles. The smallest absolute Gasteiger partial charge is 0.231 e. The second-order valence-electron chi connectivity index (χ2n) is 4.92. The number of hydrogen-bond acceptors (Lipinski definition) is 4. The Balaban J connectivity index is 1.97. The van der Waals surface area contributed by atoms with Gasteiger partial charge in [-0.2, -0.15) is 0 Å². The van der Waals surface area contributed by atoms with Crippen LogP contribution in [0.5, 0.6) is 11.5 Å². The van der Waals surface area contributed by atoms with E-state index < -0.39 is 5.54 Å². The first kappa shape index (κ1) is 10.4. The van der Waals surface area contributed by atoms with Gasteiger partial charge < -0.3 is 14.4 Å². The highest BCUT2D eigenvalue weighted by Crippen LogP contribution is 2.39. The number of hydrogen-bond donors (Lipinski definition) is 0. The molecule has 17 heavy (non-hydrogen) atoms. The second kappa shape index (κ2) is 3.39. The summed E-state index contributed by atoms with van der Waals surface area (Å²) in [6.07, 6.45) is 0.613. The van der Waals surface area contributed by atoms with E-state index in [-0.39, 0.29) is 12.6 Å². The maximum Gasteiger partial charge on any atom is 0.231 e. The van der Waals surface area contributed by atoms with E-state index in [0.717, 1.165) is 23.7 Å². The number of Topliss-reactive ketones (excluding diaryl/α,β-unsaturated/α-hetero) is 1. The van der Waals surface area contributed by atoms with Crippen molar-refractivity contribution in [2.45, 2.75) is 25.8 Å². The van der Waals surface area contributed by atoms with Gasteiger partial charge in [0.15, 0.2) is 17.3 Å². The maximum atomic E-state index is 11.8. The average molecular weight is 233 g/mol. The van der Waals surface area contributed by atoms with Crippen molar-refractivity contribution in [3.05, 3.63) is 18.2 Å². The first-order chi connectivity index (χ1) is 8.09. The van der Waals surface area contributed by atoms with Crippen LogP contribution < -0.4 is 14.4 Å². The van der Waals surface area contributed by atoms with E-state index >= 15 is 0 Å². The van der Waals surface area contributed by atoms with Crippen LogP contribution in [0.2, 0.25) is 0 Å². The quantitative estimate of drug-likeness (QED) is 0.743. The Morgan fingerprint density at radius 1 is 1.24 bits per heavy atom. The van der Waals surface area contributed by atoms with Gasteiger partial charge in [0.1, 0.15) is 0 Å². The van der Waals surface area contributed by atoms with Crippen molar-refractivity contribution in [2.24, 2.45) is 0 Å². The fraction of sp³-hybridized carbons (Fsp3) is 0.462. The molecule has 1 fully saturated rings. The first-order valence-electron chi connectivity index (χ1n) is 5.79. The fourth-order valence-electron chi connectivity index (χ4n) is 2.45. The van der Waals surface area contributed by atoms with Crippen molar-refractivity contribution >= 4 is 11.5 Å². The van der Waals surface area contributed by atoms with Crippen molar-refractivity contribution in [3.63, 3.8) is 0 Å². The number of fused-ring (bicyclic) bond motifs is 1. The van der Waals surface area contributed by atoms with E-state index in [1.807, 2.05) is 32.0 Å². The Hall–Kier alpha value is -1.71. The molecule has 0 bridgehead atoms. The minimum absolute atomic E-state index is 0.279. The first-order valence-corrected chi connectivity index (χ1v) is 5.79. The molecule has 90 valence electrons. The number of nitrogens with zero attached hydrogens (tertiary/aromatic N) is 1. The van der Waals surface area contributed by atoms with E-state index in [2.05, 4.69) is 4.90 Å². The van der Waals surface area contributed by atoms with Crippen molar-refractivity contribution in [1.29, 1.82) is 0 Å². The second-order valence-corrected chi connectivity index (χ2v) is 4.92. The number of ketones is 1. The minimum Gasteiger partial charge on any atom is -0.454 e. The number of rotatable bonds is 1. The summed E-state index contributed by atoms with van der Waals surface area (Å²) in [5.41, 5.74) is 0.596. The summed E-state index contributed by atoms with van der Waals surface area (Å²) in [6, 6.07) is 5.83. The van der Waals surface area contributed by atoms with E-state index in [4.69, 9.17) is 9.47 Å². The van der Waals surface area contributed by atoms with Gasteiger partial charge in [-0.25, -0.2) is 0 Å². The molecule has 0 atom stereocenters.